The molecule has 7 nitrogen and oxygen atoms in total. The molecule has 0 aromatic rings. The first-order valence-electron chi connectivity index (χ1n) is 11.9. The van der Waals surface area contributed by atoms with Crippen LogP contribution in [0.1, 0.15) is 45.4 Å². The lowest BCUT2D eigenvalue weighted by atomic mass is 9.78. The molecule has 4 heterocycles. The van der Waals surface area contributed by atoms with Crippen molar-refractivity contribution in [3.8, 4) is 0 Å². The molecule has 0 bridgehead atoms. The Balaban J connectivity index is 1.75. The number of aliphatic hydroxyl groups excluding tert-OH is 1. The van der Waals surface area contributed by atoms with Gasteiger partial charge in [0, 0.05) is 31.5 Å². The fraction of sp³-hybridized carbons (Fsp3) is 0.708. The molecular formula is C24H34N2O5S. The predicted molar refractivity (Wildman–Crippen MR) is 123 cm³/mol. The summed E-state index contributed by atoms with van der Waals surface area (Å²) in [6.07, 6.45) is 12.9. The highest BCUT2D eigenvalue weighted by molar-refractivity contribution is 8.02. The molecule has 0 saturated carbocycles. The maximum absolute atomic E-state index is 13.8. The molecule has 2 fully saturated rings. The van der Waals surface area contributed by atoms with Gasteiger partial charge in [0.25, 0.3) is 0 Å². The number of esters is 1. The molecule has 4 aliphatic heterocycles. The predicted octanol–water partition coefficient (Wildman–Crippen LogP) is 2.15. The van der Waals surface area contributed by atoms with Gasteiger partial charge < -0.3 is 19.6 Å². The molecule has 5 atom stereocenters. The summed E-state index contributed by atoms with van der Waals surface area (Å²) in [5.41, 5.74) is 0. The molecular weight excluding hydrogens is 428 g/mol. The van der Waals surface area contributed by atoms with Crippen molar-refractivity contribution >= 4 is 29.5 Å². The van der Waals surface area contributed by atoms with Crippen LogP contribution in [0.15, 0.2) is 24.3 Å². The second kappa shape index (κ2) is 10.00. The Morgan fingerprint density at radius 2 is 2.00 bits per heavy atom. The minimum atomic E-state index is -0.772. The standard InChI is InChI=1S/C24H34N2O5S/c1-2-3-12-25-13-9-11-24-19(18-17(32-24)10-5-4-8-16-31-23(18)30)21(28)26(14-6-7-15-27)20(24)22(25)29/h5,9-11,17-20,27H,2-4,6-8,12-16H2,1H3/b10-5-/t17-,18+,19-,20?,24-/m0/s1. The van der Waals surface area contributed by atoms with Crippen LogP contribution in [0.25, 0.3) is 0 Å². The minimum Gasteiger partial charge on any atom is -0.465 e. The third kappa shape index (κ3) is 4.00. The number of rotatable bonds is 7. The smallest absolute Gasteiger partial charge is 0.311 e. The number of amides is 2. The summed E-state index contributed by atoms with van der Waals surface area (Å²) in [4.78, 5) is 44.3. The molecule has 4 rings (SSSR count). The Labute approximate surface area is 194 Å². The van der Waals surface area contributed by atoms with Crippen LogP contribution in [0.2, 0.25) is 0 Å². The van der Waals surface area contributed by atoms with Gasteiger partial charge in [-0.05, 0) is 32.1 Å². The normalized spacial score (nSPS) is 35.4. The van der Waals surface area contributed by atoms with E-state index in [0.29, 0.717) is 39.1 Å². The molecule has 176 valence electrons. The average Bonchev–Trinajstić information content (AvgIpc) is 3.18. The average molecular weight is 463 g/mol. The van der Waals surface area contributed by atoms with Crippen LogP contribution in [0.3, 0.4) is 0 Å². The zero-order valence-electron chi connectivity index (χ0n) is 18.8. The maximum Gasteiger partial charge on any atom is 0.311 e. The van der Waals surface area contributed by atoms with Crippen molar-refractivity contribution in [2.45, 2.75) is 61.5 Å². The molecule has 0 radical (unpaired) electrons. The molecule has 1 N–H and O–H groups in total. The Bertz CT molecular complexity index is 799. The molecule has 8 heteroatoms. The van der Waals surface area contributed by atoms with Gasteiger partial charge >= 0.3 is 5.97 Å². The number of hydrogen-bond donors (Lipinski definition) is 1. The summed E-state index contributed by atoms with van der Waals surface area (Å²) < 4.78 is 4.79. The second-order valence-electron chi connectivity index (χ2n) is 9.08. The van der Waals surface area contributed by atoms with E-state index in [4.69, 9.17) is 4.74 Å². The van der Waals surface area contributed by atoms with E-state index in [1.165, 1.54) is 0 Å². The monoisotopic (exact) mass is 462 g/mol. The summed E-state index contributed by atoms with van der Waals surface area (Å²) in [6, 6.07) is -0.629. The quantitative estimate of drug-likeness (QED) is 0.354. The van der Waals surface area contributed by atoms with Gasteiger partial charge in [-0.25, -0.2) is 0 Å². The SMILES string of the molecule is CCCCN1CC=C[C@]23S[C@H]4/C=C\CCCOC(=O)[C@H]4[C@H]2C(=O)N(CCCCO)C3C1=O. The number of carbonyl (C=O) groups is 3. The lowest BCUT2D eigenvalue weighted by Gasteiger charge is -2.35. The first-order valence-corrected chi connectivity index (χ1v) is 12.8. The van der Waals surface area contributed by atoms with Gasteiger partial charge in [0.05, 0.1) is 23.2 Å². The van der Waals surface area contributed by atoms with E-state index >= 15 is 0 Å². The van der Waals surface area contributed by atoms with Crippen LogP contribution < -0.4 is 0 Å². The number of likely N-dealkylation sites (tertiary alicyclic amines) is 1. The van der Waals surface area contributed by atoms with Gasteiger partial charge in [-0.2, -0.15) is 0 Å². The van der Waals surface area contributed by atoms with Crippen LogP contribution in [-0.4, -0.2) is 81.6 Å². The maximum atomic E-state index is 13.8. The number of ether oxygens (including phenoxy) is 1. The molecule has 2 saturated heterocycles. The number of nitrogens with zero attached hydrogens (tertiary/aromatic N) is 2. The third-order valence-electron chi connectivity index (χ3n) is 7.02. The summed E-state index contributed by atoms with van der Waals surface area (Å²) in [5, 5.41) is 9.06. The highest BCUT2D eigenvalue weighted by Crippen LogP contribution is 2.60. The minimum absolute atomic E-state index is 0.0281. The number of allylic oxidation sites excluding steroid dienone is 1. The lowest BCUT2D eigenvalue weighted by molar-refractivity contribution is -0.153. The number of hydrogen-bond acceptors (Lipinski definition) is 6. The van der Waals surface area contributed by atoms with E-state index in [9.17, 15) is 19.5 Å². The molecule has 2 amide bonds. The molecule has 4 aliphatic rings. The van der Waals surface area contributed by atoms with Crippen molar-refractivity contribution < 1.29 is 24.2 Å². The van der Waals surface area contributed by atoms with E-state index in [1.54, 1.807) is 16.7 Å². The van der Waals surface area contributed by atoms with Gasteiger partial charge in [-0.3, -0.25) is 14.4 Å². The van der Waals surface area contributed by atoms with Crippen LogP contribution in [0, 0.1) is 11.8 Å². The van der Waals surface area contributed by atoms with E-state index < -0.39 is 22.6 Å². The van der Waals surface area contributed by atoms with Crippen molar-refractivity contribution in [2.75, 3.05) is 32.8 Å². The molecule has 0 aromatic heterocycles. The summed E-state index contributed by atoms with van der Waals surface area (Å²) in [7, 11) is 0. The zero-order chi connectivity index (χ0) is 22.7. The van der Waals surface area contributed by atoms with Crippen LogP contribution in [0.4, 0.5) is 0 Å². The first-order chi connectivity index (χ1) is 15.5. The second-order valence-corrected chi connectivity index (χ2v) is 10.6. The summed E-state index contributed by atoms with van der Waals surface area (Å²) in [6.45, 7) is 4.10. The highest BCUT2D eigenvalue weighted by atomic mass is 32.2. The zero-order valence-corrected chi connectivity index (χ0v) is 19.6. The summed E-state index contributed by atoms with van der Waals surface area (Å²) >= 11 is 1.59. The van der Waals surface area contributed by atoms with Gasteiger partial charge in [0.2, 0.25) is 11.8 Å². The van der Waals surface area contributed by atoms with Crippen LogP contribution >= 0.6 is 11.8 Å². The fourth-order valence-electron chi connectivity index (χ4n) is 5.48. The molecule has 1 spiro atoms. The Hall–Kier alpha value is -1.80. The number of cyclic esters (lactones) is 1. The van der Waals surface area contributed by atoms with Gasteiger partial charge in [-0.15, -0.1) is 11.8 Å². The molecule has 0 aliphatic carbocycles. The van der Waals surface area contributed by atoms with E-state index in [-0.39, 0.29) is 29.6 Å². The Morgan fingerprint density at radius 3 is 2.78 bits per heavy atom. The summed E-state index contributed by atoms with van der Waals surface area (Å²) in [5.74, 6) is -1.69. The number of fused-ring (bicyclic) bond motifs is 2. The van der Waals surface area contributed by atoms with E-state index in [2.05, 4.69) is 13.0 Å². The van der Waals surface area contributed by atoms with Crippen molar-refractivity contribution in [3.63, 3.8) is 0 Å². The van der Waals surface area contributed by atoms with Crippen LogP contribution in [0.5, 0.6) is 0 Å². The topological polar surface area (TPSA) is 87.2 Å². The number of unbranched alkanes of at least 4 members (excludes halogenated alkanes) is 2. The van der Waals surface area contributed by atoms with Crippen molar-refractivity contribution in [1.82, 2.24) is 9.80 Å². The van der Waals surface area contributed by atoms with Crippen molar-refractivity contribution in [2.24, 2.45) is 11.8 Å². The van der Waals surface area contributed by atoms with Crippen LogP contribution in [-0.2, 0) is 19.1 Å². The van der Waals surface area contributed by atoms with Gasteiger partial charge in [0.15, 0.2) is 0 Å². The Kier molecular flexibility index (Phi) is 7.30. The van der Waals surface area contributed by atoms with E-state index in [0.717, 1.165) is 25.7 Å². The van der Waals surface area contributed by atoms with Gasteiger partial charge in [0.1, 0.15) is 6.04 Å². The fourth-order valence-corrected chi connectivity index (χ4v) is 7.49. The highest BCUT2D eigenvalue weighted by Gasteiger charge is 2.70. The lowest BCUT2D eigenvalue weighted by Crippen LogP contribution is -2.53. The van der Waals surface area contributed by atoms with Crippen molar-refractivity contribution in [1.29, 1.82) is 0 Å². The molecule has 1 unspecified atom stereocenters. The van der Waals surface area contributed by atoms with Crippen molar-refractivity contribution in [3.05, 3.63) is 24.3 Å². The molecule has 32 heavy (non-hydrogen) atoms. The number of thioether (sulfide) groups is 1. The Morgan fingerprint density at radius 1 is 1.16 bits per heavy atom. The van der Waals surface area contributed by atoms with E-state index in [1.807, 2.05) is 23.1 Å². The largest absolute Gasteiger partial charge is 0.465 e. The molecule has 0 aromatic carbocycles. The first kappa shape index (κ1) is 23.4. The third-order valence-corrected chi connectivity index (χ3v) is 8.77. The number of aliphatic hydroxyl groups is 1. The number of carbonyl (C=O) groups excluding carboxylic acids is 3. The van der Waals surface area contributed by atoms with Gasteiger partial charge in [-0.1, -0.05) is 37.6 Å².